The maximum atomic E-state index is 13.8. The Morgan fingerprint density at radius 3 is 2.57 bits per heavy atom. The van der Waals surface area contributed by atoms with Crippen LogP contribution in [0.1, 0.15) is 54.9 Å². The molecule has 4 rings (SSSR count). The van der Waals surface area contributed by atoms with Crippen molar-refractivity contribution in [2.75, 3.05) is 26.2 Å². The largest absolute Gasteiger partial charge is 0.362 e. The van der Waals surface area contributed by atoms with E-state index in [1.165, 1.54) is 6.07 Å². The molecule has 0 N–H and O–H groups in total. The molecule has 28 heavy (non-hydrogen) atoms. The number of aryl methyl sites for hydroxylation is 1. The SMILES string of the molecule is Cc1ccc(C(=O)N2CC[C@]3(CC[C@@H](C(=O)N4CCCC4)O3)[C@@H](C)C2)cc1F. The number of carbonyl (C=O) groups excluding carboxylic acids is 2. The standard InChI is InChI=1S/C22H29FN2O3/c1-15-5-6-17(13-18(15)23)20(26)25-12-9-22(16(2)14-25)8-7-19(28-22)21(27)24-10-3-4-11-24/h5-6,13,16,19H,3-4,7-12,14H2,1-2H3/t16-,19-,22+/m0/s1. The van der Waals surface area contributed by atoms with Crippen molar-refractivity contribution in [1.82, 2.24) is 9.80 Å². The minimum atomic E-state index is -0.352. The second-order valence-electron chi connectivity index (χ2n) is 8.61. The molecule has 0 radical (unpaired) electrons. The van der Waals surface area contributed by atoms with Gasteiger partial charge in [-0.05, 0) is 56.7 Å². The molecule has 1 aromatic rings. The monoisotopic (exact) mass is 388 g/mol. The number of hydrogen-bond acceptors (Lipinski definition) is 3. The molecule has 0 aliphatic carbocycles. The molecule has 1 spiro atoms. The van der Waals surface area contributed by atoms with Crippen molar-refractivity contribution in [2.24, 2.45) is 5.92 Å². The van der Waals surface area contributed by atoms with Crippen LogP contribution in [0.5, 0.6) is 0 Å². The van der Waals surface area contributed by atoms with E-state index in [4.69, 9.17) is 4.74 Å². The van der Waals surface area contributed by atoms with E-state index in [0.29, 0.717) is 24.2 Å². The van der Waals surface area contributed by atoms with Crippen LogP contribution in [0.15, 0.2) is 18.2 Å². The first-order valence-electron chi connectivity index (χ1n) is 10.4. The molecule has 0 unspecified atom stereocenters. The molecular weight excluding hydrogens is 359 g/mol. The Morgan fingerprint density at radius 2 is 1.89 bits per heavy atom. The lowest BCUT2D eigenvalue weighted by Crippen LogP contribution is -2.53. The molecule has 3 aliphatic rings. The fourth-order valence-corrected chi connectivity index (χ4v) is 4.89. The fraction of sp³-hybridized carbons (Fsp3) is 0.636. The summed E-state index contributed by atoms with van der Waals surface area (Å²) in [5.41, 5.74) is 0.603. The molecule has 3 heterocycles. The predicted molar refractivity (Wildman–Crippen MR) is 103 cm³/mol. The van der Waals surface area contributed by atoms with Crippen LogP contribution >= 0.6 is 0 Å². The van der Waals surface area contributed by atoms with Crippen LogP contribution in [0.3, 0.4) is 0 Å². The molecule has 2 amide bonds. The number of benzene rings is 1. The summed E-state index contributed by atoms with van der Waals surface area (Å²) >= 11 is 0. The van der Waals surface area contributed by atoms with Crippen LogP contribution in [0, 0.1) is 18.7 Å². The van der Waals surface area contributed by atoms with Gasteiger partial charge < -0.3 is 14.5 Å². The third kappa shape index (κ3) is 3.43. The second-order valence-corrected chi connectivity index (χ2v) is 8.61. The minimum Gasteiger partial charge on any atom is -0.362 e. The Kier molecular flexibility index (Phi) is 5.17. The molecule has 5 nitrogen and oxygen atoms in total. The number of rotatable bonds is 2. The van der Waals surface area contributed by atoms with Crippen LogP contribution in [-0.4, -0.2) is 59.5 Å². The number of nitrogens with zero attached hydrogens (tertiary/aromatic N) is 2. The van der Waals surface area contributed by atoms with Gasteiger partial charge in [0.25, 0.3) is 11.8 Å². The topological polar surface area (TPSA) is 49.9 Å². The lowest BCUT2D eigenvalue weighted by Gasteiger charge is -2.44. The highest BCUT2D eigenvalue weighted by Crippen LogP contribution is 2.43. The van der Waals surface area contributed by atoms with E-state index in [-0.39, 0.29) is 35.3 Å². The molecule has 3 aliphatic heterocycles. The van der Waals surface area contributed by atoms with Gasteiger partial charge in [-0.1, -0.05) is 13.0 Å². The number of amides is 2. The molecule has 1 aromatic carbocycles. The zero-order valence-electron chi connectivity index (χ0n) is 16.7. The van der Waals surface area contributed by atoms with E-state index in [9.17, 15) is 14.0 Å². The Morgan fingerprint density at radius 1 is 1.14 bits per heavy atom. The van der Waals surface area contributed by atoms with Crippen molar-refractivity contribution in [3.63, 3.8) is 0 Å². The summed E-state index contributed by atoms with van der Waals surface area (Å²) < 4.78 is 20.2. The Balaban J connectivity index is 1.40. The van der Waals surface area contributed by atoms with Gasteiger partial charge in [0.15, 0.2) is 0 Å². The van der Waals surface area contributed by atoms with Gasteiger partial charge >= 0.3 is 0 Å². The van der Waals surface area contributed by atoms with Gasteiger partial charge in [-0.3, -0.25) is 9.59 Å². The van der Waals surface area contributed by atoms with E-state index in [2.05, 4.69) is 6.92 Å². The summed E-state index contributed by atoms with van der Waals surface area (Å²) in [6.07, 6.45) is 4.16. The van der Waals surface area contributed by atoms with E-state index in [1.54, 1.807) is 24.0 Å². The Hall–Kier alpha value is -1.95. The molecule has 0 aromatic heterocycles. The summed E-state index contributed by atoms with van der Waals surface area (Å²) in [4.78, 5) is 29.2. The first-order chi connectivity index (χ1) is 13.4. The zero-order valence-corrected chi connectivity index (χ0v) is 16.7. The summed E-state index contributed by atoms with van der Waals surface area (Å²) in [7, 11) is 0. The van der Waals surface area contributed by atoms with E-state index in [1.807, 2.05) is 4.90 Å². The van der Waals surface area contributed by atoms with E-state index in [0.717, 1.165) is 45.2 Å². The van der Waals surface area contributed by atoms with Gasteiger partial charge in [0, 0.05) is 37.7 Å². The maximum absolute atomic E-state index is 13.8. The van der Waals surface area contributed by atoms with Crippen LogP contribution in [-0.2, 0) is 9.53 Å². The normalized spacial score (nSPS) is 30.2. The maximum Gasteiger partial charge on any atom is 0.253 e. The predicted octanol–water partition coefficient (Wildman–Crippen LogP) is 3.16. The van der Waals surface area contributed by atoms with Gasteiger partial charge in [0.05, 0.1) is 5.60 Å². The lowest BCUT2D eigenvalue weighted by molar-refractivity contribution is -0.154. The van der Waals surface area contributed by atoms with Crippen LogP contribution < -0.4 is 0 Å². The first kappa shape index (κ1) is 19.4. The minimum absolute atomic E-state index is 0.134. The van der Waals surface area contributed by atoms with Crippen molar-refractivity contribution in [3.05, 3.63) is 35.1 Å². The molecule has 3 saturated heterocycles. The third-order valence-electron chi connectivity index (χ3n) is 6.80. The summed E-state index contributed by atoms with van der Waals surface area (Å²) in [6.45, 7) is 6.61. The lowest BCUT2D eigenvalue weighted by atomic mass is 9.80. The molecule has 3 fully saturated rings. The third-order valence-corrected chi connectivity index (χ3v) is 6.80. The van der Waals surface area contributed by atoms with Crippen LogP contribution in [0.4, 0.5) is 4.39 Å². The number of ether oxygens (including phenoxy) is 1. The molecule has 0 saturated carbocycles. The van der Waals surface area contributed by atoms with Crippen molar-refractivity contribution >= 4 is 11.8 Å². The number of likely N-dealkylation sites (tertiary alicyclic amines) is 2. The quantitative estimate of drug-likeness (QED) is 0.782. The van der Waals surface area contributed by atoms with Crippen LogP contribution in [0.2, 0.25) is 0 Å². The van der Waals surface area contributed by atoms with Gasteiger partial charge in [-0.25, -0.2) is 4.39 Å². The highest BCUT2D eigenvalue weighted by molar-refractivity contribution is 5.94. The fourth-order valence-electron chi connectivity index (χ4n) is 4.89. The average Bonchev–Trinajstić information content (AvgIpc) is 3.36. The van der Waals surface area contributed by atoms with Gasteiger partial charge in [0.1, 0.15) is 11.9 Å². The van der Waals surface area contributed by atoms with Gasteiger partial charge in [0.2, 0.25) is 0 Å². The Bertz CT molecular complexity index is 777. The Labute approximate surface area is 165 Å². The number of halogens is 1. The van der Waals surface area contributed by atoms with Crippen molar-refractivity contribution in [3.8, 4) is 0 Å². The molecular formula is C22H29FN2O3. The molecule has 6 heteroatoms. The first-order valence-corrected chi connectivity index (χ1v) is 10.4. The molecule has 3 atom stereocenters. The summed E-state index contributed by atoms with van der Waals surface area (Å²) in [6, 6.07) is 4.65. The second kappa shape index (κ2) is 7.47. The zero-order chi connectivity index (χ0) is 19.9. The highest BCUT2D eigenvalue weighted by atomic mass is 19.1. The average molecular weight is 388 g/mol. The molecule has 0 bridgehead atoms. The number of hydrogen-bond donors (Lipinski definition) is 0. The van der Waals surface area contributed by atoms with E-state index < -0.39 is 0 Å². The van der Waals surface area contributed by atoms with Crippen molar-refractivity contribution < 1.29 is 18.7 Å². The summed E-state index contributed by atoms with van der Waals surface area (Å²) in [5.74, 6) is -0.217. The van der Waals surface area contributed by atoms with Gasteiger partial charge in [-0.15, -0.1) is 0 Å². The summed E-state index contributed by atoms with van der Waals surface area (Å²) in [5, 5.41) is 0. The number of piperidine rings is 1. The van der Waals surface area contributed by atoms with Crippen LogP contribution in [0.25, 0.3) is 0 Å². The smallest absolute Gasteiger partial charge is 0.253 e. The van der Waals surface area contributed by atoms with E-state index >= 15 is 0 Å². The number of carbonyl (C=O) groups is 2. The van der Waals surface area contributed by atoms with Crippen molar-refractivity contribution in [1.29, 1.82) is 0 Å². The van der Waals surface area contributed by atoms with Crippen molar-refractivity contribution in [2.45, 2.75) is 57.7 Å². The molecule has 152 valence electrons. The highest BCUT2D eigenvalue weighted by Gasteiger charge is 2.50. The van der Waals surface area contributed by atoms with Gasteiger partial charge in [-0.2, -0.15) is 0 Å².